The number of fused-ring (bicyclic) bond motifs is 2. The van der Waals surface area contributed by atoms with E-state index in [0.717, 1.165) is 50.1 Å². The topological polar surface area (TPSA) is 125 Å². The van der Waals surface area contributed by atoms with Gasteiger partial charge in [-0.2, -0.15) is 5.10 Å². The SMILES string of the molecule is CCC(=O)Nc1cncc(-c2cnc3[nH]nc(-c4cc5c(-c6ccccn6)cncc5[nH]4)c3c2)c1. The second-order valence-electron chi connectivity index (χ2n) is 8.10. The number of hydrogen-bond donors (Lipinski definition) is 3. The fourth-order valence-electron chi connectivity index (χ4n) is 4.09. The van der Waals surface area contributed by atoms with Crippen LogP contribution >= 0.6 is 0 Å². The fourth-order valence-corrected chi connectivity index (χ4v) is 4.09. The molecule has 1 amide bonds. The van der Waals surface area contributed by atoms with Crippen LogP contribution in [0.5, 0.6) is 0 Å². The van der Waals surface area contributed by atoms with Crippen molar-refractivity contribution in [1.29, 1.82) is 0 Å². The van der Waals surface area contributed by atoms with Crippen molar-refractivity contribution in [3.05, 3.63) is 73.6 Å². The van der Waals surface area contributed by atoms with E-state index in [4.69, 9.17) is 0 Å². The molecule has 9 heteroatoms. The van der Waals surface area contributed by atoms with Crippen LogP contribution in [-0.2, 0) is 4.79 Å². The van der Waals surface area contributed by atoms with E-state index in [2.05, 4.69) is 46.5 Å². The van der Waals surface area contributed by atoms with E-state index in [9.17, 15) is 4.79 Å². The van der Waals surface area contributed by atoms with Gasteiger partial charge < -0.3 is 10.3 Å². The van der Waals surface area contributed by atoms with Gasteiger partial charge in [0.15, 0.2) is 5.65 Å². The molecule has 6 aromatic heterocycles. The zero-order valence-corrected chi connectivity index (χ0v) is 18.8. The van der Waals surface area contributed by atoms with Gasteiger partial charge in [-0.05, 0) is 30.3 Å². The summed E-state index contributed by atoms with van der Waals surface area (Å²) in [4.78, 5) is 32.9. The Kier molecular flexibility index (Phi) is 4.99. The molecule has 3 N–H and O–H groups in total. The first-order chi connectivity index (χ1) is 17.2. The van der Waals surface area contributed by atoms with Crippen LogP contribution in [0.4, 0.5) is 5.69 Å². The highest BCUT2D eigenvalue weighted by Gasteiger charge is 2.16. The number of carbonyl (C=O) groups is 1. The summed E-state index contributed by atoms with van der Waals surface area (Å²) in [6, 6.07) is 11.8. The Morgan fingerprint density at radius 3 is 2.69 bits per heavy atom. The first-order valence-corrected chi connectivity index (χ1v) is 11.2. The molecule has 0 unspecified atom stereocenters. The number of anilines is 1. The first-order valence-electron chi connectivity index (χ1n) is 11.2. The van der Waals surface area contributed by atoms with E-state index in [-0.39, 0.29) is 5.91 Å². The average molecular weight is 461 g/mol. The van der Waals surface area contributed by atoms with E-state index in [1.165, 1.54) is 0 Å². The molecule has 0 aliphatic heterocycles. The summed E-state index contributed by atoms with van der Waals surface area (Å²) < 4.78 is 0. The lowest BCUT2D eigenvalue weighted by molar-refractivity contribution is -0.115. The van der Waals surface area contributed by atoms with Gasteiger partial charge in [-0.1, -0.05) is 13.0 Å². The Labute approximate surface area is 199 Å². The second-order valence-corrected chi connectivity index (χ2v) is 8.10. The van der Waals surface area contributed by atoms with E-state index >= 15 is 0 Å². The maximum atomic E-state index is 11.8. The number of H-pyrrole nitrogens is 2. The van der Waals surface area contributed by atoms with Crippen LogP contribution in [0.1, 0.15) is 13.3 Å². The van der Waals surface area contributed by atoms with Gasteiger partial charge in [0.25, 0.3) is 0 Å². The van der Waals surface area contributed by atoms with Gasteiger partial charge in [0.2, 0.25) is 5.91 Å². The minimum Gasteiger partial charge on any atom is -0.352 e. The van der Waals surface area contributed by atoms with Crippen LogP contribution in [0.25, 0.3) is 55.7 Å². The normalized spacial score (nSPS) is 11.2. The molecule has 0 fully saturated rings. The quantitative estimate of drug-likeness (QED) is 0.333. The maximum Gasteiger partial charge on any atom is 0.224 e. The molecule has 0 aliphatic rings. The average Bonchev–Trinajstić information content (AvgIpc) is 3.53. The molecule has 0 saturated heterocycles. The predicted molar refractivity (Wildman–Crippen MR) is 134 cm³/mol. The monoisotopic (exact) mass is 460 g/mol. The molecular weight excluding hydrogens is 440 g/mol. The molecule has 0 spiro atoms. The summed E-state index contributed by atoms with van der Waals surface area (Å²) in [6.07, 6.45) is 10.9. The highest BCUT2D eigenvalue weighted by Crippen LogP contribution is 2.33. The van der Waals surface area contributed by atoms with Crippen LogP contribution < -0.4 is 5.32 Å². The number of amides is 1. The van der Waals surface area contributed by atoms with Crippen LogP contribution in [0.3, 0.4) is 0 Å². The van der Waals surface area contributed by atoms with Gasteiger partial charge in [0.1, 0.15) is 5.69 Å². The van der Waals surface area contributed by atoms with Crippen LogP contribution in [0, 0.1) is 0 Å². The van der Waals surface area contributed by atoms with Crippen molar-refractivity contribution < 1.29 is 4.79 Å². The van der Waals surface area contributed by atoms with E-state index in [1.54, 1.807) is 31.0 Å². The van der Waals surface area contributed by atoms with Crippen molar-refractivity contribution >= 4 is 33.5 Å². The Morgan fingerprint density at radius 2 is 1.83 bits per heavy atom. The molecule has 0 aromatic carbocycles. The molecule has 0 saturated carbocycles. The van der Waals surface area contributed by atoms with E-state index < -0.39 is 0 Å². The van der Waals surface area contributed by atoms with Crippen LogP contribution in [0.2, 0.25) is 0 Å². The van der Waals surface area contributed by atoms with Gasteiger partial charge >= 0.3 is 0 Å². The molecule has 6 aromatic rings. The van der Waals surface area contributed by atoms with Crippen molar-refractivity contribution in [3.63, 3.8) is 0 Å². The third kappa shape index (κ3) is 3.78. The van der Waals surface area contributed by atoms with Crippen molar-refractivity contribution in [2.75, 3.05) is 5.32 Å². The minimum atomic E-state index is -0.0620. The standard InChI is InChI=1S/C26H20N8O/c1-2-24(35)31-17-7-15(10-27-12-17)16-8-19-25(33-34-26(19)30-11-16)22-9-18-20(13-28-14-23(18)32-22)21-5-3-4-6-29-21/h3-14,32H,2H2,1H3,(H,31,35)(H,30,33,34). The number of aromatic nitrogens is 7. The zero-order valence-electron chi connectivity index (χ0n) is 18.8. The van der Waals surface area contributed by atoms with Gasteiger partial charge in [-0.3, -0.25) is 24.8 Å². The number of nitrogens with one attached hydrogen (secondary N) is 3. The van der Waals surface area contributed by atoms with E-state index in [0.29, 0.717) is 17.8 Å². The first kappa shape index (κ1) is 20.7. The number of aromatic amines is 2. The van der Waals surface area contributed by atoms with Gasteiger partial charge in [0.05, 0.1) is 35.0 Å². The third-order valence-corrected chi connectivity index (χ3v) is 5.83. The summed E-state index contributed by atoms with van der Waals surface area (Å²) >= 11 is 0. The number of rotatable bonds is 5. The molecule has 35 heavy (non-hydrogen) atoms. The lowest BCUT2D eigenvalue weighted by atomic mass is 10.1. The van der Waals surface area contributed by atoms with Crippen LogP contribution in [-0.4, -0.2) is 41.0 Å². The largest absolute Gasteiger partial charge is 0.352 e. The Bertz CT molecular complexity index is 1690. The summed E-state index contributed by atoms with van der Waals surface area (Å²) in [5, 5.41) is 12.3. The summed E-state index contributed by atoms with van der Waals surface area (Å²) in [6.45, 7) is 1.81. The highest BCUT2D eigenvalue weighted by atomic mass is 16.1. The van der Waals surface area contributed by atoms with E-state index in [1.807, 2.05) is 43.5 Å². The summed E-state index contributed by atoms with van der Waals surface area (Å²) in [5.41, 5.74) is 7.33. The highest BCUT2D eigenvalue weighted by molar-refractivity contribution is 6.00. The molecule has 170 valence electrons. The number of hydrogen-bond acceptors (Lipinski definition) is 6. The summed E-state index contributed by atoms with van der Waals surface area (Å²) in [7, 11) is 0. The smallest absolute Gasteiger partial charge is 0.224 e. The van der Waals surface area contributed by atoms with Crippen molar-refractivity contribution in [1.82, 2.24) is 35.1 Å². The number of nitrogens with zero attached hydrogens (tertiary/aromatic N) is 5. The fraction of sp³-hybridized carbons (Fsp3) is 0.0769. The molecule has 0 aliphatic carbocycles. The Balaban J connectivity index is 1.43. The molecular formula is C26H20N8O. The number of carbonyl (C=O) groups excluding carboxylic acids is 1. The molecule has 6 rings (SSSR count). The lowest BCUT2D eigenvalue weighted by Crippen LogP contribution is -2.09. The van der Waals surface area contributed by atoms with Gasteiger partial charge in [-0.15, -0.1) is 0 Å². The Morgan fingerprint density at radius 1 is 0.943 bits per heavy atom. The van der Waals surface area contributed by atoms with Crippen molar-refractivity contribution in [3.8, 4) is 33.8 Å². The third-order valence-electron chi connectivity index (χ3n) is 5.83. The van der Waals surface area contributed by atoms with Crippen molar-refractivity contribution in [2.45, 2.75) is 13.3 Å². The minimum absolute atomic E-state index is 0.0620. The Hall–Kier alpha value is -4.92. The molecule has 9 nitrogen and oxygen atoms in total. The summed E-state index contributed by atoms with van der Waals surface area (Å²) in [5.74, 6) is -0.0620. The molecule has 6 heterocycles. The van der Waals surface area contributed by atoms with Crippen molar-refractivity contribution in [2.24, 2.45) is 0 Å². The molecule has 0 atom stereocenters. The predicted octanol–water partition coefficient (Wildman–Crippen LogP) is 4.97. The lowest BCUT2D eigenvalue weighted by Gasteiger charge is -2.06. The van der Waals surface area contributed by atoms with Crippen LogP contribution in [0.15, 0.2) is 73.6 Å². The molecule has 0 radical (unpaired) electrons. The van der Waals surface area contributed by atoms with Gasteiger partial charge in [-0.25, -0.2) is 4.98 Å². The zero-order chi connectivity index (χ0) is 23.8. The second kappa shape index (κ2) is 8.45. The molecule has 0 bridgehead atoms. The maximum absolute atomic E-state index is 11.8. The number of pyridine rings is 4. The van der Waals surface area contributed by atoms with Gasteiger partial charge in [0, 0.05) is 58.7 Å².